The van der Waals surface area contributed by atoms with Gasteiger partial charge in [-0.3, -0.25) is 0 Å². The van der Waals surface area contributed by atoms with Crippen molar-refractivity contribution < 1.29 is 5.11 Å². The molecule has 1 unspecified atom stereocenters. The van der Waals surface area contributed by atoms with E-state index >= 15 is 0 Å². The molecule has 0 aliphatic heterocycles. The highest BCUT2D eigenvalue weighted by Gasteiger charge is 2.25. The molecule has 2 nitrogen and oxygen atoms in total. The van der Waals surface area contributed by atoms with Gasteiger partial charge in [0.1, 0.15) is 0 Å². The highest BCUT2D eigenvalue weighted by Crippen LogP contribution is 2.37. The van der Waals surface area contributed by atoms with Crippen LogP contribution in [0.5, 0.6) is 0 Å². The van der Waals surface area contributed by atoms with E-state index in [-0.39, 0.29) is 5.41 Å². The normalized spacial score (nSPS) is 13.4. The zero-order valence-corrected chi connectivity index (χ0v) is 8.78. The predicted molar refractivity (Wildman–Crippen MR) is 57.1 cm³/mol. The summed E-state index contributed by atoms with van der Waals surface area (Å²) in [6.45, 7) is 12.9. The van der Waals surface area contributed by atoms with Gasteiger partial charge >= 0.3 is 0 Å². The Kier molecular flexibility index (Phi) is 2.93. The average Bonchev–Trinajstić information content (AvgIpc) is 2.15. The van der Waals surface area contributed by atoms with Crippen LogP contribution in [-0.2, 0) is 0 Å². The monoisotopic (exact) mass is 189 g/mol. The maximum Gasteiger partial charge on any atom is 0.192 e. The molecule has 74 valence electrons. The third kappa shape index (κ3) is 2.12. The number of rotatable bonds is 1. The first kappa shape index (κ1) is 10.7. The minimum Gasteiger partial charge on any atom is -0.389 e. The Balaban J connectivity index is 3.14. The zero-order chi connectivity index (χ0) is 10.8. The van der Waals surface area contributed by atoms with Crippen LogP contribution in [0.15, 0.2) is 24.3 Å². The van der Waals surface area contributed by atoms with Crippen molar-refractivity contribution in [3.63, 3.8) is 0 Å². The second-order valence-electron chi connectivity index (χ2n) is 4.44. The molecule has 1 aromatic carbocycles. The van der Waals surface area contributed by atoms with Crippen molar-refractivity contribution in [2.45, 2.75) is 26.9 Å². The smallest absolute Gasteiger partial charge is 0.192 e. The van der Waals surface area contributed by atoms with E-state index in [0.717, 1.165) is 5.56 Å². The molecule has 0 saturated heterocycles. The van der Waals surface area contributed by atoms with E-state index in [0.29, 0.717) is 5.69 Å². The van der Waals surface area contributed by atoms with E-state index in [9.17, 15) is 5.11 Å². The standard InChI is InChI=1S/C12H15NO/c1-12(2,3)11(14)9-7-5-6-8-10(9)13-4/h5-8,11,14H,1-3H3. The van der Waals surface area contributed by atoms with Gasteiger partial charge in [-0.2, -0.15) is 0 Å². The number of nitrogens with zero attached hydrogens (tertiary/aromatic N) is 1. The molecule has 0 aliphatic rings. The average molecular weight is 189 g/mol. The molecule has 0 heterocycles. The molecule has 2 heteroatoms. The molecular weight excluding hydrogens is 174 g/mol. The highest BCUT2D eigenvalue weighted by molar-refractivity contribution is 5.53. The van der Waals surface area contributed by atoms with Crippen molar-refractivity contribution in [3.8, 4) is 0 Å². The SMILES string of the molecule is [C-]#[N+]c1ccccc1C(O)C(C)(C)C. The van der Waals surface area contributed by atoms with Gasteiger partial charge in [0.25, 0.3) is 0 Å². The molecule has 0 aliphatic carbocycles. The van der Waals surface area contributed by atoms with Crippen molar-refractivity contribution >= 4 is 5.69 Å². The Morgan fingerprint density at radius 1 is 1.29 bits per heavy atom. The van der Waals surface area contributed by atoms with E-state index in [1.54, 1.807) is 6.07 Å². The van der Waals surface area contributed by atoms with Crippen molar-refractivity contribution in [1.29, 1.82) is 0 Å². The summed E-state index contributed by atoms with van der Waals surface area (Å²) in [5.41, 5.74) is 1.02. The van der Waals surface area contributed by atoms with Crippen molar-refractivity contribution in [2.75, 3.05) is 0 Å². The summed E-state index contributed by atoms with van der Waals surface area (Å²) < 4.78 is 0. The van der Waals surface area contributed by atoms with Crippen molar-refractivity contribution in [1.82, 2.24) is 0 Å². The summed E-state index contributed by atoms with van der Waals surface area (Å²) in [7, 11) is 0. The Labute approximate surface area is 85.0 Å². The lowest BCUT2D eigenvalue weighted by Gasteiger charge is -2.26. The van der Waals surface area contributed by atoms with Crippen molar-refractivity contribution in [3.05, 3.63) is 41.2 Å². The molecule has 1 aromatic rings. The topological polar surface area (TPSA) is 24.6 Å². The van der Waals surface area contributed by atoms with E-state index in [4.69, 9.17) is 6.57 Å². The minimum absolute atomic E-state index is 0.235. The van der Waals surface area contributed by atoms with Crippen LogP contribution in [0.4, 0.5) is 5.69 Å². The van der Waals surface area contributed by atoms with Gasteiger partial charge in [-0.05, 0) is 11.0 Å². The number of hydrogen-bond donors (Lipinski definition) is 1. The van der Waals surface area contributed by atoms with Crippen molar-refractivity contribution in [2.24, 2.45) is 5.41 Å². The van der Waals surface area contributed by atoms with Gasteiger partial charge in [-0.1, -0.05) is 45.0 Å². The predicted octanol–water partition coefficient (Wildman–Crippen LogP) is 3.32. The fourth-order valence-corrected chi connectivity index (χ4v) is 1.29. The summed E-state index contributed by atoms with van der Waals surface area (Å²) in [5.74, 6) is 0. The van der Waals surface area contributed by atoms with Crippen LogP contribution >= 0.6 is 0 Å². The number of aliphatic hydroxyl groups is 1. The number of para-hydroxylation sites is 1. The largest absolute Gasteiger partial charge is 0.389 e. The Hall–Kier alpha value is -1.33. The first-order valence-electron chi connectivity index (χ1n) is 4.61. The highest BCUT2D eigenvalue weighted by atomic mass is 16.3. The summed E-state index contributed by atoms with van der Waals surface area (Å²) in [6.07, 6.45) is -0.590. The van der Waals surface area contributed by atoms with E-state index in [1.807, 2.05) is 39.0 Å². The minimum atomic E-state index is -0.590. The fraction of sp³-hybridized carbons (Fsp3) is 0.417. The van der Waals surface area contributed by atoms with Crippen LogP contribution < -0.4 is 0 Å². The maximum absolute atomic E-state index is 10.0. The van der Waals surface area contributed by atoms with E-state index in [2.05, 4.69) is 4.85 Å². The molecule has 0 spiro atoms. The number of aliphatic hydroxyl groups excluding tert-OH is 1. The van der Waals surface area contributed by atoms with E-state index in [1.165, 1.54) is 0 Å². The molecule has 1 N–H and O–H groups in total. The third-order valence-corrected chi connectivity index (χ3v) is 2.17. The van der Waals surface area contributed by atoms with E-state index < -0.39 is 6.10 Å². The van der Waals surface area contributed by atoms with Gasteiger partial charge in [-0.25, -0.2) is 4.85 Å². The molecule has 0 radical (unpaired) electrons. The zero-order valence-electron chi connectivity index (χ0n) is 8.78. The summed E-state index contributed by atoms with van der Waals surface area (Å²) in [6, 6.07) is 7.20. The second-order valence-corrected chi connectivity index (χ2v) is 4.44. The number of benzene rings is 1. The molecule has 1 atom stereocenters. The Morgan fingerprint density at radius 3 is 2.36 bits per heavy atom. The van der Waals surface area contributed by atoms with Gasteiger partial charge in [0.15, 0.2) is 5.69 Å². The van der Waals surface area contributed by atoms with Crippen LogP contribution in [-0.4, -0.2) is 5.11 Å². The lowest BCUT2D eigenvalue weighted by atomic mass is 9.84. The second kappa shape index (κ2) is 3.81. The lowest BCUT2D eigenvalue weighted by molar-refractivity contribution is 0.0634. The van der Waals surface area contributed by atoms with Gasteiger partial charge in [0, 0.05) is 0 Å². The third-order valence-electron chi connectivity index (χ3n) is 2.17. The Bertz CT molecular complexity index is 357. The molecule has 14 heavy (non-hydrogen) atoms. The molecule has 1 rings (SSSR count). The van der Waals surface area contributed by atoms with Gasteiger partial charge in [0.05, 0.1) is 12.7 Å². The summed E-state index contributed by atoms with van der Waals surface area (Å²) >= 11 is 0. The number of hydrogen-bond acceptors (Lipinski definition) is 1. The first-order chi connectivity index (χ1) is 6.46. The van der Waals surface area contributed by atoms with Gasteiger partial charge in [0.2, 0.25) is 0 Å². The van der Waals surface area contributed by atoms with Crippen LogP contribution in [0.1, 0.15) is 32.4 Å². The molecule has 0 saturated carbocycles. The molecular formula is C12H15NO. The Morgan fingerprint density at radius 2 is 1.86 bits per heavy atom. The molecule has 0 fully saturated rings. The van der Waals surface area contributed by atoms with Crippen LogP contribution in [0.2, 0.25) is 0 Å². The molecule has 0 amide bonds. The summed E-state index contributed by atoms with van der Waals surface area (Å²) in [5, 5.41) is 10.0. The fourth-order valence-electron chi connectivity index (χ4n) is 1.29. The van der Waals surface area contributed by atoms with Gasteiger partial charge in [-0.15, -0.1) is 0 Å². The van der Waals surface area contributed by atoms with Crippen LogP contribution in [0, 0.1) is 12.0 Å². The molecule has 0 bridgehead atoms. The summed E-state index contributed by atoms with van der Waals surface area (Å²) in [4.78, 5) is 3.40. The quantitative estimate of drug-likeness (QED) is 0.673. The maximum atomic E-state index is 10.0. The lowest BCUT2D eigenvalue weighted by Crippen LogP contribution is -2.17. The van der Waals surface area contributed by atoms with Crippen LogP contribution in [0.25, 0.3) is 4.85 Å². The first-order valence-corrected chi connectivity index (χ1v) is 4.61. The van der Waals surface area contributed by atoms with Crippen LogP contribution in [0.3, 0.4) is 0 Å². The molecule has 0 aromatic heterocycles. The van der Waals surface area contributed by atoms with Gasteiger partial charge < -0.3 is 5.11 Å².